The molecule has 0 bridgehead atoms. The Kier molecular flexibility index (Phi) is 5.77. The van der Waals surface area contributed by atoms with Gasteiger partial charge in [0.05, 0.1) is 0 Å². The van der Waals surface area contributed by atoms with E-state index in [4.69, 9.17) is 9.47 Å². The summed E-state index contributed by atoms with van der Waals surface area (Å²) in [6, 6.07) is 16.9. The van der Waals surface area contributed by atoms with Crippen LogP contribution >= 0.6 is 0 Å². The van der Waals surface area contributed by atoms with Crippen LogP contribution in [-0.4, -0.2) is 45.7 Å². The Morgan fingerprint density at radius 2 is 1.88 bits per heavy atom. The fraction of sp³-hybridized carbons (Fsp3) is 0.300. The number of benzene rings is 2. The summed E-state index contributed by atoms with van der Waals surface area (Å²) in [5, 5.41) is 10.1. The third-order valence-corrected chi connectivity index (χ3v) is 7.23. The molecule has 0 amide bonds. The molecule has 3 rings (SSSR count). The predicted molar refractivity (Wildman–Crippen MR) is 97.8 cm³/mol. The molecule has 0 aliphatic carbocycles. The molecule has 0 spiro atoms. The van der Waals surface area contributed by atoms with Gasteiger partial charge in [-0.15, -0.1) is 0 Å². The number of rotatable bonds is 6. The Bertz CT molecular complexity index is 792. The van der Waals surface area contributed by atoms with Crippen molar-refractivity contribution in [3.8, 4) is 0 Å². The topological polar surface area (TPSA) is 72.8 Å². The number of ether oxygens (including phenoxy) is 2. The second kappa shape index (κ2) is 8.04. The molecule has 1 aliphatic rings. The summed E-state index contributed by atoms with van der Waals surface area (Å²) in [4.78, 5) is 23.4. The van der Waals surface area contributed by atoms with Gasteiger partial charge >= 0.3 is 158 Å². The van der Waals surface area contributed by atoms with E-state index in [2.05, 4.69) is 0 Å². The van der Waals surface area contributed by atoms with E-state index in [9.17, 15) is 14.7 Å². The van der Waals surface area contributed by atoms with Crippen molar-refractivity contribution in [3.63, 3.8) is 0 Å². The van der Waals surface area contributed by atoms with Gasteiger partial charge in [-0.1, -0.05) is 0 Å². The second-order valence-electron chi connectivity index (χ2n) is 6.19. The van der Waals surface area contributed by atoms with E-state index in [1.165, 1.54) is 7.11 Å². The molecule has 0 unspecified atom stereocenters. The van der Waals surface area contributed by atoms with Crippen molar-refractivity contribution in [1.82, 2.24) is 0 Å². The van der Waals surface area contributed by atoms with E-state index in [1.807, 2.05) is 42.5 Å². The standard InChI is InChI=1S/C20H20O5Se/c1-24-19(23)14-11-20(25-12-14,15-7-3-2-4-8-15)13-26-17-10-6-5-9-16(17)18(21)22/h2-10,14H,11-13H2,1H3,(H,21,22)/t14-,20-/m0/s1. The van der Waals surface area contributed by atoms with Crippen LogP contribution in [0.25, 0.3) is 0 Å². The van der Waals surface area contributed by atoms with Gasteiger partial charge in [-0.25, -0.2) is 0 Å². The fourth-order valence-electron chi connectivity index (χ4n) is 3.18. The maximum absolute atomic E-state index is 12.0. The van der Waals surface area contributed by atoms with Crippen LogP contribution < -0.4 is 4.46 Å². The Labute approximate surface area is 158 Å². The molecule has 6 heteroatoms. The van der Waals surface area contributed by atoms with Crippen LogP contribution in [0.15, 0.2) is 54.6 Å². The van der Waals surface area contributed by atoms with Crippen LogP contribution in [-0.2, 0) is 19.9 Å². The molecule has 5 nitrogen and oxygen atoms in total. The summed E-state index contributed by atoms with van der Waals surface area (Å²) in [6.07, 6.45) is 0.542. The van der Waals surface area contributed by atoms with E-state index in [0.717, 1.165) is 10.0 Å². The molecule has 0 saturated carbocycles. The molecule has 1 fully saturated rings. The van der Waals surface area contributed by atoms with Gasteiger partial charge in [-0.3, -0.25) is 0 Å². The van der Waals surface area contributed by atoms with Gasteiger partial charge in [0.1, 0.15) is 0 Å². The monoisotopic (exact) mass is 420 g/mol. The van der Waals surface area contributed by atoms with Crippen molar-refractivity contribution < 1.29 is 24.2 Å². The number of methoxy groups -OCH3 is 1. The van der Waals surface area contributed by atoms with Gasteiger partial charge in [0.2, 0.25) is 0 Å². The van der Waals surface area contributed by atoms with Crippen LogP contribution in [0.5, 0.6) is 0 Å². The third kappa shape index (κ3) is 3.83. The Balaban J connectivity index is 1.87. The van der Waals surface area contributed by atoms with Crippen LogP contribution in [0.2, 0.25) is 5.32 Å². The summed E-state index contributed by atoms with van der Waals surface area (Å²) in [5.41, 5.74) is 0.755. The summed E-state index contributed by atoms with van der Waals surface area (Å²) >= 11 is -0.115. The number of carbonyl (C=O) groups excluding carboxylic acids is 1. The zero-order chi connectivity index (χ0) is 18.6. The molecule has 1 aliphatic heterocycles. The van der Waals surface area contributed by atoms with Crippen LogP contribution in [0, 0.1) is 5.92 Å². The molecule has 2 aromatic rings. The fourth-order valence-corrected chi connectivity index (χ4v) is 5.79. The first-order valence-electron chi connectivity index (χ1n) is 8.28. The minimum atomic E-state index is -0.920. The predicted octanol–water partition coefficient (Wildman–Crippen LogP) is 2.24. The molecule has 1 saturated heterocycles. The zero-order valence-corrected chi connectivity index (χ0v) is 16.1. The zero-order valence-electron chi connectivity index (χ0n) is 14.4. The summed E-state index contributed by atoms with van der Waals surface area (Å²) < 4.78 is 11.9. The molecule has 136 valence electrons. The molecule has 2 atom stereocenters. The average molecular weight is 419 g/mol. The average Bonchev–Trinajstić information content (AvgIpc) is 3.12. The summed E-state index contributed by atoms with van der Waals surface area (Å²) in [6.45, 7) is 0.318. The molecule has 1 heterocycles. The van der Waals surface area contributed by atoms with Crippen LogP contribution in [0.4, 0.5) is 0 Å². The van der Waals surface area contributed by atoms with E-state index in [-0.39, 0.29) is 26.8 Å². The normalized spacial score (nSPS) is 22.1. The second-order valence-corrected chi connectivity index (χ2v) is 8.32. The molecular formula is C20H20O5Se. The number of carbonyl (C=O) groups is 2. The number of aromatic carboxylic acids is 1. The van der Waals surface area contributed by atoms with Gasteiger partial charge in [0.25, 0.3) is 0 Å². The van der Waals surface area contributed by atoms with Gasteiger partial charge in [0.15, 0.2) is 0 Å². The van der Waals surface area contributed by atoms with E-state index in [0.29, 0.717) is 23.9 Å². The first kappa shape index (κ1) is 18.6. The van der Waals surface area contributed by atoms with Gasteiger partial charge in [-0.2, -0.15) is 0 Å². The number of esters is 1. The molecule has 2 aromatic carbocycles. The van der Waals surface area contributed by atoms with Crippen molar-refractivity contribution in [2.24, 2.45) is 5.92 Å². The van der Waals surface area contributed by atoms with E-state index >= 15 is 0 Å². The summed E-state index contributed by atoms with van der Waals surface area (Å²) in [7, 11) is 1.39. The molecule has 26 heavy (non-hydrogen) atoms. The van der Waals surface area contributed by atoms with Crippen molar-refractivity contribution in [1.29, 1.82) is 0 Å². The molecule has 0 aromatic heterocycles. The van der Waals surface area contributed by atoms with Gasteiger partial charge in [-0.05, 0) is 0 Å². The maximum atomic E-state index is 12.0. The quantitative estimate of drug-likeness (QED) is 0.575. The number of hydrogen-bond acceptors (Lipinski definition) is 4. The van der Waals surface area contributed by atoms with Crippen molar-refractivity contribution in [3.05, 3.63) is 65.7 Å². The molecule has 0 radical (unpaired) electrons. The molecule has 1 N–H and O–H groups in total. The third-order valence-electron chi connectivity index (χ3n) is 4.55. The van der Waals surface area contributed by atoms with Crippen LogP contribution in [0.3, 0.4) is 0 Å². The molecular weight excluding hydrogens is 399 g/mol. The van der Waals surface area contributed by atoms with Crippen LogP contribution in [0.1, 0.15) is 22.3 Å². The minimum absolute atomic E-state index is 0.115. The van der Waals surface area contributed by atoms with E-state index < -0.39 is 11.6 Å². The first-order chi connectivity index (χ1) is 12.6. The van der Waals surface area contributed by atoms with Crippen molar-refractivity contribution >= 4 is 31.4 Å². The summed E-state index contributed by atoms with van der Waals surface area (Å²) in [5.74, 6) is -1.48. The van der Waals surface area contributed by atoms with Crippen molar-refractivity contribution in [2.45, 2.75) is 17.3 Å². The Morgan fingerprint density at radius 1 is 1.19 bits per heavy atom. The Hall–Kier alpha value is -2.14. The Morgan fingerprint density at radius 3 is 2.58 bits per heavy atom. The van der Waals surface area contributed by atoms with E-state index in [1.54, 1.807) is 12.1 Å². The first-order valence-corrected chi connectivity index (χ1v) is 10.3. The number of carboxylic acid groups (broad SMARTS) is 1. The van der Waals surface area contributed by atoms with Gasteiger partial charge in [0, 0.05) is 0 Å². The number of carboxylic acids is 1. The van der Waals surface area contributed by atoms with Crippen molar-refractivity contribution in [2.75, 3.05) is 13.7 Å². The van der Waals surface area contributed by atoms with Gasteiger partial charge < -0.3 is 0 Å². The SMILES string of the molecule is COC(=O)[C@@H]1CO[C@@](C[Se]c2ccccc2C(=O)O)(c2ccccc2)C1. The number of hydrogen-bond donors (Lipinski definition) is 1.